The van der Waals surface area contributed by atoms with Gasteiger partial charge in [0.15, 0.2) is 6.23 Å². The first-order valence-corrected chi connectivity index (χ1v) is 8.37. The van der Waals surface area contributed by atoms with Gasteiger partial charge in [0.1, 0.15) is 12.4 Å². The van der Waals surface area contributed by atoms with Crippen molar-refractivity contribution in [2.45, 2.75) is 25.2 Å². The second-order valence-corrected chi connectivity index (χ2v) is 6.23. The maximum absolute atomic E-state index is 13.3. The van der Waals surface area contributed by atoms with Crippen molar-refractivity contribution in [3.63, 3.8) is 0 Å². The Morgan fingerprint density at radius 2 is 1.84 bits per heavy atom. The highest BCUT2D eigenvalue weighted by Gasteiger charge is 2.41. The highest BCUT2D eigenvalue weighted by atomic mass is 19.1. The van der Waals surface area contributed by atoms with E-state index >= 15 is 0 Å². The molecule has 0 saturated carbocycles. The number of hydrogen-bond acceptors (Lipinski definition) is 4. The monoisotopic (exact) mass is 342 g/mol. The lowest BCUT2D eigenvalue weighted by Crippen LogP contribution is -2.36. The average molecular weight is 342 g/mol. The summed E-state index contributed by atoms with van der Waals surface area (Å²) in [6, 6.07) is 16.4. The highest BCUT2D eigenvalue weighted by Crippen LogP contribution is 2.37. The van der Waals surface area contributed by atoms with Crippen molar-refractivity contribution in [2.24, 2.45) is 0 Å². The van der Waals surface area contributed by atoms with E-state index in [-0.39, 0.29) is 24.2 Å². The van der Waals surface area contributed by atoms with E-state index in [2.05, 4.69) is 0 Å². The fourth-order valence-corrected chi connectivity index (χ4v) is 3.33. The third-order valence-electron chi connectivity index (χ3n) is 4.61. The summed E-state index contributed by atoms with van der Waals surface area (Å²) in [7, 11) is 0. The maximum atomic E-state index is 13.3. The van der Waals surface area contributed by atoms with Crippen molar-refractivity contribution in [1.29, 1.82) is 0 Å². The van der Waals surface area contributed by atoms with Crippen molar-refractivity contribution in [2.75, 3.05) is 13.2 Å². The molecule has 1 amide bonds. The van der Waals surface area contributed by atoms with Gasteiger partial charge in [-0.2, -0.15) is 5.06 Å². The Morgan fingerprint density at radius 3 is 2.52 bits per heavy atom. The molecule has 0 bridgehead atoms. The molecule has 0 aliphatic carbocycles. The van der Waals surface area contributed by atoms with E-state index in [0.717, 1.165) is 11.1 Å². The Kier molecular flexibility index (Phi) is 4.38. The molecule has 0 unspecified atom stereocenters. The Labute approximate surface area is 145 Å². The number of halogens is 1. The lowest BCUT2D eigenvalue weighted by Gasteiger charge is -2.24. The van der Waals surface area contributed by atoms with Crippen LogP contribution in [0.1, 0.15) is 23.6 Å². The first-order valence-electron chi connectivity index (χ1n) is 8.37. The van der Waals surface area contributed by atoms with Crippen LogP contribution in [-0.2, 0) is 16.1 Å². The number of ether oxygens (including phenoxy) is 1. The molecule has 5 nitrogen and oxygen atoms in total. The number of hydroxylamine groups is 2. The van der Waals surface area contributed by atoms with Crippen molar-refractivity contribution in [3.8, 4) is 0 Å². The first kappa shape index (κ1) is 16.1. The van der Waals surface area contributed by atoms with Crippen LogP contribution in [0.5, 0.6) is 0 Å². The average Bonchev–Trinajstić information content (AvgIpc) is 3.23. The summed E-state index contributed by atoms with van der Waals surface area (Å²) in [5.41, 5.74) is 2.08. The van der Waals surface area contributed by atoms with Crippen LogP contribution >= 0.6 is 0 Å². The van der Waals surface area contributed by atoms with E-state index in [0.29, 0.717) is 26.1 Å². The Hall–Kier alpha value is -2.44. The van der Waals surface area contributed by atoms with Gasteiger partial charge in [-0.3, -0.25) is 9.74 Å². The molecular formula is C19H19FN2O3. The van der Waals surface area contributed by atoms with E-state index in [1.165, 1.54) is 12.1 Å². The lowest BCUT2D eigenvalue weighted by molar-refractivity contribution is -0.197. The van der Waals surface area contributed by atoms with Gasteiger partial charge in [0, 0.05) is 13.0 Å². The predicted octanol–water partition coefficient (Wildman–Crippen LogP) is 3.48. The lowest BCUT2D eigenvalue weighted by atomic mass is 10.0. The van der Waals surface area contributed by atoms with Crippen molar-refractivity contribution in [3.05, 3.63) is 71.5 Å². The van der Waals surface area contributed by atoms with E-state index < -0.39 is 0 Å². The summed E-state index contributed by atoms with van der Waals surface area (Å²) in [6.07, 6.45) is -0.0914. The number of hydrogen-bond donors (Lipinski definition) is 0. The van der Waals surface area contributed by atoms with Gasteiger partial charge in [-0.1, -0.05) is 42.5 Å². The summed E-state index contributed by atoms with van der Waals surface area (Å²) in [5.74, 6) is -0.267. The fourth-order valence-electron chi connectivity index (χ4n) is 3.33. The summed E-state index contributed by atoms with van der Waals surface area (Å²) >= 11 is 0. The Bertz CT molecular complexity index is 738. The second-order valence-electron chi connectivity index (χ2n) is 6.23. The Morgan fingerprint density at radius 1 is 1.08 bits per heavy atom. The van der Waals surface area contributed by atoms with Crippen molar-refractivity contribution < 1.29 is 18.8 Å². The number of carbonyl (C=O) groups excluding carboxylic acids is 1. The van der Waals surface area contributed by atoms with Gasteiger partial charge >= 0.3 is 6.09 Å². The van der Waals surface area contributed by atoms with Gasteiger partial charge in [0.05, 0.1) is 12.6 Å². The van der Waals surface area contributed by atoms with Crippen LogP contribution in [0.4, 0.5) is 9.18 Å². The molecule has 2 aromatic rings. The number of amides is 1. The number of carbonyl (C=O) groups is 1. The molecule has 2 heterocycles. The minimum Gasteiger partial charge on any atom is -0.447 e. The summed E-state index contributed by atoms with van der Waals surface area (Å²) in [6.45, 7) is 1.50. The molecule has 2 aliphatic heterocycles. The smallest absolute Gasteiger partial charge is 0.412 e. The van der Waals surface area contributed by atoms with Gasteiger partial charge in [-0.05, 0) is 23.3 Å². The molecule has 4 rings (SSSR count). The number of cyclic esters (lactones) is 1. The topological polar surface area (TPSA) is 42.0 Å². The number of benzene rings is 2. The molecule has 2 atom stereocenters. The third-order valence-corrected chi connectivity index (χ3v) is 4.61. The zero-order valence-electron chi connectivity index (χ0n) is 13.7. The molecule has 6 heteroatoms. The predicted molar refractivity (Wildman–Crippen MR) is 88.7 cm³/mol. The van der Waals surface area contributed by atoms with Crippen LogP contribution < -0.4 is 0 Å². The van der Waals surface area contributed by atoms with Crippen LogP contribution in [0.25, 0.3) is 0 Å². The maximum Gasteiger partial charge on any atom is 0.412 e. The van der Waals surface area contributed by atoms with Crippen LogP contribution in [0, 0.1) is 5.82 Å². The van der Waals surface area contributed by atoms with E-state index in [9.17, 15) is 9.18 Å². The summed E-state index contributed by atoms with van der Waals surface area (Å²) in [4.78, 5) is 19.6. The highest BCUT2D eigenvalue weighted by molar-refractivity contribution is 5.69. The Balaban J connectivity index is 1.58. The SMILES string of the molecule is O=C1OCCN1[C@@H]1C[C@@H](c2ccc(F)cc2)N(Cc2ccccc2)O1. The molecule has 2 saturated heterocycles. The second kappa shape index (κ2) is 6.82. The molecule has 130 valence electrons. The van der Waals surface area contributed by atoms with Gasteiger partial charge in [0.25, 0.3) is 0 Å². The zero-order chi connectivity index (χ0) is 17.2. The first-order chi connectivity index (χ1) is 12.2. The summed E-state index contributed by atoms with van der Waals surface area (Å²) < 4.78 is 18.3. The number of nitrogens with zero attached hydrogens (tertiary/aromatic N) is 2. The van der Waals surface area contributed by atoms with E-state index in [1.54, 1.807) is 17.0 Å². The largest absolute Gasteiger partial charge is 0.447 e. The minimum atomic E-state index is -0.367. The standard InChI is InChI=1S/C19H19FN2O3/c20-16-8-6-15(7-9-16)17-12-18(21-10-11-24-19(21)23)25-22(17)13-14-4-2-1-3-5-14/h1-9,17-18H,10-13H2/t17-,18-/m0/s1. The molecule has 0 aromatic heterocycles. The molecule has 0 spiro atoms. The molecule has 0 N–H and O–H groups in total. The molecule has 25 heavy (non-hydrogen) atoms. The molecule has 0 radical (unpaired) electrons. The van der Waals surface area contributed by atoms with Gasteiger partial charge in [-0.25, -0.2) is 9.18 Å². The van der Waals surface area contributed by atoms with Crippen LogP contribution in [0.2, 0.25) is 0 Å². The van der Waals surface area contributed by atoms with Gasteiger partial charge in [0.2, 0.25) is 0 Å². The molecule has 2 aliphatic rings. The van der Waals surface area contributed by atoms with Crippen molar-refractivity contribution in [1.82, 2.24) is 9.96 Å². The molecular weight excluding hydrogens is 323 g/mol. The molecule has 2 fully saturated rings. The third kappa shape index (κ3) is 3.36. The normalized spacial score (nSPS) is 23.9. The fraction of sp³-hybridized carbons (Fsp3) is 0.316. The van der Waals surface area contributed by atoms with Gasteiger partial charge < -0.3 is 4.74 Å². The van der Waals surface area contributed by atoms with Crippen LogP contribution in [0.15, 0.2) is 54.6 Å². The van der Waals surface area contributed by atoms with Crippen molar-refractivity contribution >= 4 is 6.09 Å². The van der Waals surface area contributed by atoms with Crippen LogP contribution in [-0.4, -0.2) is 35.4 Å². The molecule has 2 aromatic carbocycles. The number of rotatable bonds is 4. The van der Waals surface area contributed by atoms with E-state index in [1.807, 2.05) is 35.4 Å². The quantitative estimate of drug-likeness (QED) is 0.853. The van der Waals surface area contributed by atoms with Crippen LogP contribution in [0.3, 0.4) is 0 Å². The minimum absolute atomic E-state index is 0.0563. The van der Waals surface area contributed by atoms with Gasteiger partial charge in [-0.15, -0.1) is 0 Å². The summed E-state index contributed by atoms with van der Waals surface area (Å²) in [5, 5.41) is 1.87. The zero-order valence-corrected chi connectivity index (χ0v) is 13.7. The van der Waals surface area contributed by atoms with E-state index in [4.69, 9.17) is 9.57 Å².